The molecule has 0 nitrogen and oxygen atoms in total. The zero-order valence-electron chi connectivity index (χ0n) is 8.31. The first kappa shape index (κ1) is 10.7. The van der Waals surface area contributed by atoms with Gasteiger partial charge in [-0.2, -0.15) is 0 Å². The van der Waals surface area contributed by atoms with Gasteiger partial charge in [0, 0.05) is 4.88 Å². The Hall–Kier alpha value is -1.34. The summed E-state index contributed by atoms with van der Waals surface area (Å²) in [7, 11) is 0. The Morgan fingerprint density at radius 3 is 2.07 bits per heavy atom. The average Bonchev–Trinajstić information content (AvgIpc) is 2.71. The van der Waals surface area contributed by atoms with Crippen molar-refractivity contribution >= 4 is 17.4 Å². The van der Waals surface area contributed by atoms with Crippen LogP contribution in [0.25, 0.3) is 6.08 Å². The lowest BCUT2D eigenvalue weighted by Crippen LogP contribution is -1.63. The van der Waals surface area contributed by atoms with Gasteiger partial charge in [0.25, 0.3) is 0 Å². The smallest absolute Gasteiger partial charge is 0.00141 e. The van der Waals surface area contributed by atoms with Crippen LogP contribution >= 0.6 is 11.3 Å². The van der Waals surface area contributed by atoms with Crippen molar-refractivity contribution in [2.45, 2.75) is 6.92 Å². The summed E-state index contributed by atoms with van der Waals surface area (Å²) in [5, 5.41) is 2.08. The predicted molar refractivity (Wildman–Crippen MR) is 65.6 cm³/mol. The van der Waals surface area contributed by atoms with E-state index >= 15 is 0 Å². The standard InChI is InChI=1S/C8H8.C5H6S/c1-2-8-6-4-3-5-7-8;1-5-3-2-4-6-5/h2-7H,1H2;2-4H,1H3. The summed E-state index contributed by atoms with van der Waals surface area (Å²) in [4.78, 5) is 1.38. The molecule has 2 rings (SSSR count). The van der Waals surface area contributed by atoms with E-state index in [1.165, 1.54) is 10.4 Å². The van der Waals surface area contributed by atoms with Crippen molar-refractivity contribution in [3.63, 3.8) is 0 Å². The van der Waals surface area contributed by atoms with E-state index in [2.05, 4.69) is 31.0 Å². The molecule has 1 aromatic carbocycles. The number of rotatable bonds is 1. The fourth-order valence-corrected chi connectivity index (χ4v) is 1.48. The molecule has 0 aliphatic carbocycles. The van der Waals surface area contributed by atoms with E-state index in [0.29, 0.717) is 0 Å². The Kier molecular flexibility index (Phi) is 4.73. The molecule has 0 atom stereocenters. The van der Waals surface area contributed by atoms with E-state index in [1.807, 2.05) is 36.4 Å². The zero-order valence-corrected chi connectivity index (χ0v) is 9.13. The van der Waals surface area contributed by atoms with Gasteiger partial charge in [-0.3, -0.25) is 0 Å². The van der Waals surface area contributed by atoms with E-state index in [-0.39, 0.29) is 0 Å². The third-order valence-corrected chi connectivity index (χ3v) is 2.50. The molecule has 1 heteroatoms. The van der Waals surface area contributed by atoms with Crippen molar-refractivity contribution in [1.82, 2.24) is 0 Å². The van der Waals surface area contributed by atoms with Crippen LogP contribution in [0.3, 0.4) is 0 Å². The van der Waals surface area contributed by atoms with Crippen LogP contribution in [-0.2, 0) is 0 Å². The van der Waals surface area contributed by atoms with Gasteiger partial charge in [0.05, 0.1) is 0 Å². The lowest BCUT2D eigenvalue weighted by Gasteiger charge is -1.85. The highest BCUT2D eigenvalue weighted by Gasteiger charge is 1.76. The maximum atomic E-state index is 3.63. The summed E-state index contributed by atoms with van der Waals surface area (Å²) in [5.74, 6) is 0. The Morgan fingerprint density at radius 1 is 1.07 bits per heavy atom. The first-order chi connectivity index (χ1) is 6.83. The van der Waals surface area contributed by atoms with Gasteiger partial charge in [-0.1, -0.05) is 49.1 Å². The molecule has 0 bridgehead atoms. The van der Waals surface area contributed by atoms with Gasteiger partial charge in [0.2, 0.25) is 0 Å². The summed E-state index contributed by atoms with van der Waals surface area (Å²) in [5.41, 5.74) is 1.17. The van der Waals surface area contributed by atoms with Gasteiger partial charge in [0.15, 0.2) is 0 Å². The molecule has 0 aliphatic heterocycles. The molecule has 0 saturated heterocycles. The van der Waals surface area contributed by atoms with Gasteiger partial charge in [-0.15, -0.1) is 11.3 Å². The van der Waals surface area contributed by atoms with Crippen molar-refractivity contribution in [2.75, 3.05) is 0 Å². The van der Waals surface area contributed by atoms with Crippen LogP contribution in [0.5, 0.6) is 0 Å². The minimum atomic E-state index is 1.17. The minimum absolute atomic E-state index is 1.17. The summed E-state index contributed by atoms with van der Waals surface area (Å²) in [6.07, 6.45) is 1.83. The first-order valence-corrected chi connectivity index (χ1v) is 5.38. The second-order valence-corrected chi connectivity index (χ2v) is 3.99. The highest BCUT2D eigenvalue weighted by Crippen LogP contribution is 2.03. The molecule has 0 saturated carbocycles. The van der Waals surface area contributed by atoms with Crippen LogP contribution in [-0.4, -0.2) is 0 Å². The van der Waals surface area contributed by atoms with Gasteiger partial charge < -0.3 is 0 Å². The summed E-state index contributed by atoms with van der Waals surface area (Å²) < 4.78 is 0. The Labute approximate surface area is 89.5 Å². The molecule has 2 aromatic rings. The second-order valence-electron chi connectivity index (χ2n) is 2.84. The number of thiophene rings is 1. The maximum absolute atomic E-state index is 3.63. The minimum Gasteiger partial charge on any atom is -0.149 e. The van der Waals surface area contributed by atoms with E-state index in [4.69, 9.17) is 0 Å². The summed E-state index contributed by atoms with van der Waals surface area (Å²) in [6, 6.07) is 14.2. The van der Waals surface area contributed by atoms with Crippen molar-refractivity contribution in [3.8, 4) is 0 Å². The molecular weight excluding hydrogens is 188 g/mol. The summed E-state index contributed by atoms with van der Waals surface area (Å²) >= 11 is 1.78. The third kappa shape index (κ3) is 4.06. The maximum Gasteiger partial charge on any atom is 0.00141 e. The van der Waals surface area contributed by atoms with E-state index in [1.54, 1.807) is 11.3 Å². The molecule has 0 radical (unpaired) electrons. The van der Waals surface area contributed by atoms with Crippen molar-refractivity contribution in [3.05, 3.63) is 64.9 Å². The molecule has 0 fully saturated rings. The molecule has 0 aliphatic rings. The second kappa shape index (κ2) is 6.17. The molecule has 0 unspecified atom stereocenters. The quantitative estimate of drug-likeness (QED) is 0.643. The number of benzene rings is 1. The van der Waals surface area contributed by atoms with Crippen molar-refractivity contribution < 1.29 is 0 Å². The lowest BCUT2D eigenvalue weighted by molar-refractivity contribution is 1.64. The predicted octanol–water partition coefficient (Wildman–Crippen LogP) is 4.39. The van der Waals surface area contributed by atoms with Gasteiger partial charge in [0.1, 0.15) is 0 Å². The topological polar surface area (TPSA) is 0 Å². The largest absolute Gasteiger partial charge is 0.149 e. The van der Waals surface area contributed by atoms with E-state index < -0.39 is 0 Å². The van der Waals surface area contributed by atoms with E-state index in [9.17, 15) is 0 Å². The van der Waals surface area contributed by atoms with Crippen LogP contribution in [0.2, 0.25) is 0 Å². The van der Waals surface area contributed by atoms with Gasteiger partial charge in [-0.25, -0.2) is 0 Å². The number of hydrogen-bond donors (Lipinski definition) is 0. The Morgan fingerprint density at radius 2 is 1.79 bits per heavy atom. The normalized spacial score (nSPS) is 8.64. The Balaban J connectivity index is 0.000000146. The summed E-state index contributed by atoms with van der Waals surface area (Å²) in [6.45, 7) is 5.73. The highest BCUT2D eigenvalue weighted by atomic mass is 32.1. The van der Waals surface area contributed by atoms with Crippen LogP contribution in [0.15, 0.2) is 54.4 Å². The fraction of sp³-hybridized carbons (Fsp3) is 0.0769. The van der Waals surface area contributed by atoms with Crippen molar-refractivity contribution in [1.29, 1.82) is 0 Å². The molecule has 1 heterocycles. The van der Waals surface area contributed by atoms with Crippen molar-refractivity contribution in [2.24, 2.45) is 0 Å². The van der Waals surface area contributed by atoms with E-state index in [0.717, 1.165) is 0 Å². The SMILES string of the molecule is C=Cc1ccccc1.Cc1cccs1. The molecule has 72 valence electrons. The molecule has 0 amide bonds. The molecular formula is C13H14S. The lowest BCUT2D eigenvalue weighted by atomic mass is 10.2. The molecule has 14 heavy (non-hydrogen) atoms. The molecule has 0 spiro atoms. The zero-order chi connectivity index (χ0) is 10.2. The van der Waals surface area contributed by atoms with Gasteiger partial charge >= 0.3 is 0 Å². The third-order valence-electron chi connectivity index (χ3n) is 1.70. The van der Waals surface area contributed by atoms with Crippen LogP contribution in [0.4, 0.5) is 0 Å². The fourth-order valence-electron chi connectivity index (χ4n) is 0.950. The molecule has 0 N–H and O–H groups in total. The van der Waals surface area contributed by atoms with Gasteiger partial charge in [-0.05, 0) is 23.9 Å². The molecule has 1 aromatic heterocycles. The Bertz CT molecular complexity index is 346. The van der Waals surface area contributed by atoms with Crippen LogP contribution in [0.1, 0.15) is 10.4 Å². The first-order valence-electron chi connectivity index (χ1n) is 4.50. The average molecular weight is 202 g/mol. The monoisotopic (exact) mass is 202 g/mol. The number of hydrogen-bond acceptors (Lipinski definition) is 1. The van der Waals surface area contributed by atoms with Crippen LogP contribution in [0, 0.1) is 6.92 Å². The highest BCUT2D eigenvalue weighted by molar-refractivity contribution is 7.09. The van der Waals surface area contributed by atoms with Crippen LogP contribution < -0.4 is 0 Å². The number of aryl methyl sites for hydroxylation is 1.